The summed E-state index contributed by atoms with van der Waals surface area (Å²) in [5, 5.41) is 0.866. The van der Waals surface area contributed by atoms with Crippen LogP contribution in [-0.4, -0.2) is 70.2 Å². The second-order valence-corrected chi connectivity index (χ2v) is 9.78. The molecule has 8 heteroatoms. The predicted octanol–water partition coefficient (Wildman–Crippen LogP) is 4.87. The molecule has 1 fully saturated rings. The lowest BCUT2D eigenvalue weighted by Gasteiger charge is -2.32. The number of aromatic amines is 1. The highest BCUT2D eigenvalue weighted by Gasteiger charge is 2.24. The maximum absolute atomic E-state index is 13.7. The van der Waals surface area contributed by atoms with Gasteiger partial charge in [-0.1, -0.05) is 6.07 Å². The summed E-state index contributed by atoms with van der Waals surface area (Å²) in [6.07, 6.45) is 3.04. The first-order valence-corrected chi connectivity index (χ1v) is 12.1. The van der Waals surface area contributed by atoms with Crippen LogP contribution in [0.2, 0.25) is 0 Å². The first kappa shape index (κ1) is 23.5. The molecule has 4 heterocycles. The monoisotopic (exact) mass is 479 g/mol. The number of hydrogen-bond donors (Lipinski definition) is 1. The summed E-state index contributed by atoms with van der Waals surface area (Å²) in [7, 11) is 3.56. The minimum absolute atomic E-state index is 0.116. The number of likely N-dealkylation sites (N-methyl/N-ethyl adjacent to an activating group) is 1. The molecule has 35 heavy (non-hydrogen) atoms. The Kier molecular flexibility index (Phi) is 6.32. The van der Waals surface area contributed by atoms with E-state index in [1.807, 2.05) is 41.9 Å². The van der Waals surface area contributed by atoms with Crippen molar-refractivity contribution in [1.82, 2.24) is 24.2 Å². The lowest BCUT2D eigenvalue weighted by Crippen LogP contribution is -2.40. The summed E-state index contributed by atoms with van der Waals surface area (Å²) in [4.78, 5) is 23.7. The van der Waals surface area contributed by atoms with E-state index < -0.39 is 6.43 Å². The zero-order valence-corrected chi connectivity index (χ0v) is 20.4. The molecule has 0 bridgehead atoms. The van der Waals surface area contributed by atoms with E-state index in [2.05, 4.69) is 27.0 Å². The molecule has 1 N–H and O–H groups in total. The van der Waals surface area contributed by atoms with Crippen LogP contribution in [0.25, 0.3) is 27.8 Å². The quantitative estimate of drug-likeness (QED) is 0.430. The van der Waals surface area contributed by atoms with Crippen LogP contribution in [0.1, 0.15) is 35.6 Å². The van der Waals surface area contributed by atoms with Crippen molar-refractivity contribution >= 4 is 22.5 Å². The largest absolute Gasteiger partial charge is 0.354 e. The predicted molar refractivity (Wildman–Crippen MR) is 134 cm³/mol. The summed E-state index contributed by atoms with van der Waals surface area (Å²) in [6, 6.07) is 10.1. The van der Waals surface area contributed by atoms with Gasteiger partial charge < -0.3 is 14.3 Å². The SMILES string of the molecule is Cc1cn2cc(-c3[nH]c4ccc(C5CCN(CC(=O)N(C)C)CC5)cc4c3CC(F)F)ccc2n1. The van der Waals surface area contributed by atoms with Crippen LogP contribution in [0.15, 0.2) is 42.7 Å². The fourth-order valence-electron chi connectivity index (χ4n) is 5.16. The Labute approximate surface area is 203 Å². The van der Waals surface area contributed by atoms with Gasteiger partial charge >= 0.3 is 0 Å². The number of nitrogens with one attached hydrogen (secondary N) is 1. The summed E-state index contributed by atoms with van der Waals surface area (Å²) in [6.45, 7) is 4.09. The number of hydrogen-bond acceptors (Lipinski definition) is 3. The summed E-state index contributed by atoms with van der Waals surface area (Å²) in [5.74, 6) is 0.471. The molecule has 5 rings (SSSR count). The fraction of sp³-hybridized carbons (Fsp3) is 0.407. The van der Waals surface area contributed by atoms with Crippen LogP contribution >= 0.6 is 0 Å². The Morgan fingerprint density at radius 3 is 2.66 bits per heavy atom. The molecule has 0 radical (unpaired) electrons. The van der Waals surface area contributed by atoms with Crippen molar-refractivity contribution in [1.29, 1.82) is 0 Å². The number of likely N-dealkylation sites (tertiary alicyclic amines) is 1. The average Bonchev–Trinajstić information content (AvgIpc) is 3.37. The van der Waals surface area contributed by atoms with E-state index >= 15 is 0 Å². The van der Waals surface area contributed by atoms with Crippen molar-refractivity contribution in [2.45, 2.75) is 38.5 Å². The number of piperidine rings is 1. The molecule has 1 saturated heterocycles. The van der Waals surface area contributed by atoms with Gasteiger partial charge in [-0.15, -0.1) is 0 Å². The molecule has 0 unspecified atom stereocenters. The Bertz CT molecular complexity index is 1360. The molecular weight excluding hydrogens is 448 g/mol. The van der Waals surface area contributed by atoms with Gasteiger partial charge in [-0.3, -0.25) is 9.69 Å². The number of carbonyl (C=O) groups excluding carboxylic acids is 1. The number of amides is 1. The fourth-order valence-corrected chi connectivity index (χ4v) is 5.16. The van der Waals surface area contributed by atoms with Crippen molar-refractivity contribution in [2.24, 2.45) is 0 Å². The number of carbonyl (C=O) groups is 1. The summed E-state index contributed by atoms with van der Waals surface area (Å²) < 4.78 is 29.3. The minimum atomic E-state index is -2.44. The van der Waals surface area contributed by atoms with Gasteiger partial charge in [0.2, 0.25) is 12.3 Å². The van der Waals surface area contributed by atoms with Crippen LogP contribution in [0, 0.1) is 6.92 Å². The second kappa shape index (κ2) is 9.41. The molecule has 0 aliphatic carbocycles. The Morgan fingerprint density at radius 2 is 1.94 bits per heavy atom. The van der Waals surface area contributed by atoms with Gasteiger partial charge in [-0.25, -0.2) is 13.8 Å². The van der Waals surface area contributed by atoms with E-state index in [1.54, 1.807) is 19.0 Å². The molecule has 0 saturated carbocycles. The van der Waals surface area contributed by atoms with Crippen molar-refractivity contribution < 1.29 is 13.6 Å². The third-order valence-electron chi connectivity index (χ3n) is 7.07. The van der Waals surface area contributed by atoms with E-state index in [9.17, 15) is 13.6 Å². The number of aromatic nitrogens is 3. The molecule has 4 aromatic rings. The molecule has 0 spiro atoms. The molecule has 184 valence electrons. The topological polar surface area (TPSA) is 56.6 Å². The van der Waals surface area contributed by atoms with E-state index in [0.29, 0.717) is 18.0 Å². The number of H-pyrrole nitrogens is 1. The number of pyridine rings is 1. The Hall–Kier alpha value is -3.26. The highest BCUT2D eigenvalue weighted by Crippen LogP contribution is 2.36. The second-order valence-electron chi connectivity index (χ2n) is 9.78. The lowest BCUT2D eigenvalue weighted by atomic mass is 9.88. The molecule has 1 aliphatic rings. The van der Waals surface area contributed by atoms with Gasteiger partial charge in [0.05, 0.1) is 17.9 Å². The van der Waals surface area contributed by atoms with Crippen molar-refractivity contribution in [3.05, 3.63) is 59.5 Å². The zero-order valence-electron chi connectivity index (χ0n) is 20.4. The number of fused-ring (bicyclic) bond motifs is 2. The van der Waals surface area contributed by atoms with Crippen molar-refractivity contribution in [2.75, 3.05) is 33.7 Å². The lowest BCUT2D eigenvalue weighted by molar-refractivity contribution is -0.130. The van der Waals surface area contributed by atoms with Crippen LogP contribution in [0.5, 0.6) is 0 Å². The molecule has 0 atom stereocenters. The number of benzene rings is 1. The normalized spacial score (nSPS) is 15.5. The number of nitrogens with zero attached hydrogens (tertiary/aromatic N) is 4. The first-order chi connectivity index (χ1) is 16.8. The van der Waals surface area contributed by atoms with Crippen LogP contribution < -0.4 is 0 Å². The Morgan fingerprint density at radius 1 is 1.17 bits per heavy atom. The number of alkyl halides is 2. The van der Waals surface area contributed by atoms with Crippen LogP contribution in [-0.2, 0) is 11.2 Å². The van der Waals surface area contributed by atoms with Crippen LogP contribution in [0.3, 0.4) is 0 Å². The van der Waals surface area contributed by atoms with Gasteiger partial charge in [0.15, 0.2) is 0 Å². The number of rotatable bonds is 6. The first-order valence-electron chi connectivity index (χ1n) is 12.1. The van der Waals surface area contributed by atoms with Gasteiger partial charge in [-0.2, -0.15) is 0 Å². The maximum atomic E-state index is 13.7. The standard InChI is InChI=1S/C27H31F2N5O/c1-17-14-34-15-20(5-7-25(34)30-17)27-22(13-24(28)29)21-12-19(4-6-23(21)31-27)18-8-10-33(11-9-18)16-26(35)32(2)3/h4-7,12,14-15,18,24,31H,8-11,13,16H2,1-3H3. The zero-order chi connectivity index (χ0) is 24.7. The number of imidazole rings is 1. The molecular formula is C27H31F2N5O. The maximum Gasteiger partial charge on any atom is 0.242 e. The van der Waals surface area contributed by atoms with E-state index in [4.69, 9.17) is 0 Å². The number of aryl methyl sites for hydroxylation is 1. The van der Waals surface area contributed by atoms with Crippen molar-refractivity contribution in [3.63, 3.8) is 0 Å². The van der Waals surface area contributed by atoms with E-state index in [0.717, 1.165) is 59.4 Å². The van der Waals surface area contributed by atoms with Crippen LogP contribution in [0.4, 0.5) is 8.78 Å². The highest BCUT2D eigenvalue weighted by molar-refractivity contribution is 5.91. The third-order valence-corrected chi connectivity index (χ3v) is 7.07. The van der Waals surface area contributed by atoms with E-state index in [1.165, 1.54) is 5.56 Å². The van der Waals surface area contributed by atoms with Gasteiger partial charge in [0.1, 0.15) is 5.65 Å². The van der Waals surface area contributed by atoms with Crippen molar-refractivity contribution in [3.8, 4) is 11.3 Å². The smallest absolute Gasteiger partial charge is 0.242 e. The van der Waals surface area contributed by atoms with Gasteiger partial charge in [0, 0.05) is 49.4 Å². The highest BCUT2D eigenvalue weighted by atomic mass is 19.3. The summed E-state index contributed by atoms with van der Waals surface area (Å²) in [5.41, 5.74) is 6.05. The number of halogens is 2. The third kappa shape index (κ3) is 4.80. The minimum Gasteiger partial charge on any atom is -0.354 e. The molecule has 6 nitrogen and oxygen atoms in total. The Balaban J connectivity index is 1.45. The van der Waals surface area contributed by atoms with E-state index in [-0.39, 0.29) is 12.3 Å². The summed E-state index contributed by atoms with van der Waals surface area (Å²) >= 11 is 0. The average molecular weight is 480 g/mol. The molecule has 3 aromatic heterocycles. The molecule has 1 aromatic carbocycles. The van der Waals surface area contributed by atoms with Gasteiger partial charge in [0.25, 0.3) is 0 Å². The molecule has 1 aliphatic heterocycles. The van der Waals surface area contributed by atoms with Gasteiger partial charge in [-0.05, 0) is 74.2 Å². The molecule has 1 amide bonds.